The van der Waals surface area contributed by atoms with Crippen LogP contribution in [0.15, 0.2) is 23.3 Å². The van der Waals surface area contributed by atoms with Gasteiger partial charge in [0.25, 0.3) is 0 Å². The van der Waals surface area contributed by atoms with Crippen LogP contribution < -0.4 is 10.1 Å². The lowest BCUT2D eigenvalue weighted by atomic mass is 10.1. The van der Waals surface area contributed by atoms with Crippen molar-refractivity contribution in [1.29, 1.82) is 0 Å². The van der Waals surface area contributed by atoms with E-state index in [4.69, 9.17) is 4.74 Å². The molecular formula is C16H24F3IN4O2. The summed E-state index contributed by atoms with van der Waals surface area (Å²) in [6.07, 6.45) is -1.93. The molecule has 0 saturated carbocycles. The van der Waals surface area contributed by atoms with Crippen molar-refractivity contribution in [2.24, 2.45) is 10.9 Å². The van der Waals surface area contributed by atoms with Gasteiger partial charge in [0.2, 0.25) is 5.88 Å². The highest BCUT2D eigenvalue weighted by Gasteiger charge is 2.28. The molecule has 0 amide bonds. The fourth-order valence-corrected chi connectivity index (χ4v) is 2.56. The summed E-state index contributed by atoms with van der Waals surface area (Å²) < 4.78 is 46.6. The van der Waals surface area contributed by atoms with Gasteiger partial charge in [0, 0.05) is 52.0 Å². The fourth-order valence-electron chi connectivity index (χ4n) is 2.56. The van der Waals surface area contributed by atoms with Crippen LogP contribution in [0.5, 0.6) is 5.88 Å². The van der Waals surface area contributed by atoms with E-state index in [1.54, 1.807) is 13.1 Å². The van der Waals surface area contributed by atoms with E-state index in [9.17, 15) is 13.2 Å². The van der Waals surface area contributed by atoms with E-state index in [2.05, 4.69) is 20.0 Å². The summed E-state index contributed by atoms with van der Waals surface area (Å²) in [6, 6.07) is 3.20. The van der Waals surface area contributed by atoms with Gasteiger partial charge in [0.15, 0.2) is 12.6 Å². The van der Waals surface area contributed by atoms with E-state index in [1.807, 2.05) is 11.9 Å². The molecule has 1 saturated heterocycles. The number of pyridine rings is 1. The van der Waals surface area contributed by atoms with E-state index in [0.29, 0.717) is 18.4 Å². The normalized spacial score (nSPS) is 17.6. The summed E-state index contributed by atoms with van der Waals surface area (Å²) in [7, 11) is 3.63. The SMILES string of the molecule is CN=C(NCc1ccnc(OCC(F)(F)F)c1)N(C)CC1CCOC1.I. The molecule has 1 unspecified atom stereocenters. The lowest BCUT2D eigenvalue weighted by Crippen LogP contribution is -2.41. The second-order valence-electron chi connectivity index (χ2n) is 5.92. The lowest BCUT2D eigenvalue weighted by Gasteiger charge is -2.24. The van der Waals surface area contributed by atoms with Crippen molar-refractivity contribution in [1.82, 2.24) is 15.2 Å². The molecule has 1 atom stereocenters. The molecule has 0 aliphatic carbocycles. The van der Waals surface area contributed by atoms with E-state index in [1.165, 1.54) is 12.3 Å². The van der Waals surface area contributed by atoms with Crippen LogP contribution >= 0.6 is 24.0 Å². The molecule has 10 heteroatoms. The molecular weight excluding hydrogens is 464 g/mol. The van der Waals surface area contributed by atoms with Gasteiger partial charge in [-0.25, -0.2) is 4.98 Å². The Bertz CT molecular complexity index is 581. The number of halogens is 4. The van der Waals surface area contributed by atoms with Crippen molar-refractivity contribution in [3.63, 3.8) is 0 Å². The number of nitrogens with one attached hydrogen (secondary N) is 1. The standard InChI is InChI=1S/C16H23F3N4O2.HI/c1-20-15(23(2)9-13-4-6-24-10-13)22-8-12-3-5-21-14(7-12)25-11-16(17,18)19;/h3,5,7,13H,4,6,8-11H2,1-2H3,(H,20,22);1H. The Morgan fingerprint density at radius 1 is 1.50 bits per heavy atom. The number of ether oxygens (including phenoxy) is 2. The number of aliphatic imine (C=N–C) groups is 1. The van der Waals surface area contributed by atoms with Gasteiger partial charge in [-0.2, -0.15) is 13.2 Å². The molecule has 1 fully saturated rings. The second kappa shape index (κ2) is 10.8. The molecule has 6 nitrogen and oxygen atoms in total. The molecule has 2 rings (SSSR count). The third-order valence-electron chi connectivity index (χ3n) is 3.76. The molecule has 1 aliphatic rings. The largest absolute Gasteiger partial charge is 0.468 e. The number of alkyl halides is 3. The minimum atomic E-state index is -4.38. The fraction of sp³-hybridized carbons (Fsp3) is 0.625. The summed E-state index contributed by atoms with van der Waals surface area (Å²) in [6.45, 7) is 1.43. The number of aromatic nitrogens is 1. The monoisotopic (exact) mass is 488 g/mol. The van der Waals surface area contributed by atoms with Crippen molar-refractivity contribution in [3.05, 3.63) is 23.9 Å². The smallest absolute Gasteiger partial charge is 0.422 e. The van der Waals surface area contributed by atoms with Crippen LogP contribution in [0.3, 0.4) is 0 Å². The Hall–Kier alpha value is -1.30. The summed E-state index contributed by atoms with van der Waals surface area (Å²) in [5.74, 6) is 1.14. The highest BCUT2D eigenvalue weighted by atomic mass is 127. The maximum Gasteiger partial charge on any atom is 0.422 e. The van der Waals surface area contributed by atoms with Gasteiger partial charge >= 0.3 is 6.18 Å². The molecule has 0 aromatic carbocycles. The van der Waals surface area contributed by atoms with Gasteiger partial charge in [-0.05, 0) is 18.1 Å². The highest BCUT2D eigenvalue weighted by Crippen LogP contribution is 2.17. The van der Waals surface area contributed by atoms with Crippen LogP contribution in [-0.4, -0.2) is 62.5 Å². The van der Waals surface area contributed by atoms with Crippen molar-refractivity contribution in [2.45, 2.75) is 19.1 Å². The van der Waals surface area contributed by atoms with Crippen molar-refractivity contribution in [3.8, 4) is 5.88 Å². The Labute approximate surface area is 168 Å². The van der Waals surface area contributed by atoms with E-state index < -0.39 is 12.8 Å². The zero-order valence-electron chi connectivity index (χ0n) is 14.8. The summed E-state index contributed by atoms with van der Waals surface area (Å²) in [5, 5.41) is 3.19. The first kappa shape index (κ1) is 22.7. The third kappa shape index (κ3) is 7.94. The molecule has 0 spiro atoms. The Kier molecular flexibility index (Phi) is 9.41. The molecule has 1 N–H and O–H groups in total. The topological polar surface area (TPSA) is 59.0 Å². The maximum atomic E-state index is 12.2. The molecule has 1 aromatic heterocycles. The first-order valence-corrected chi connectivity index (χ1v) is 8.01. The van der Waals surface area contributed by atoms with Crippen molar-refractivity contribution in [2.75, 3.05) is 40.5 Å². The molecule has 26 heavy (non-hydrogen) atoms. The van der Waals surface area contributed by atoms with Gasteiger partial charge < -0.3 is 19.7 Å². The van der Waals surface area contributed by atoms with Crippen LogP contribution in [0.2, 0.25) is 0 Å². The molecule has 1 aliphatic heterocycles. The predicted molar refractivity (Wildman–Crippen MR) is 103 cm³/mol. The second-order valence-corrected chi connectivity index (χ2v) is 5.92. The first-order chi connectivity index (χ1) is 11.9. The number of guanidine groups is 1. The summed E-state index contributed by atoms with van der Waals surface area (Å²) >= 11 is 0. The highest BCUT2D eigenvalue weighted by molar-refractivity contribution is 14.0. The molecule has 0 bridgehead atoms. The third-order valence-corrected chi connectivity index (χ3v) is 3.76. The zero-order valence-corrected chi connectivity index (χ0v) is 17.1. The van der Waals surface area contributed by atoms with Crippen LogP contribution in [0.1, 0.15) is 12.0 Å². The van der Waals surface area contributed by atoms with Crippen molar-refractivity contribution < 1.29 is 22.6 Å². The van der Waals surface area contributed by atoms with Gasteiger partial charge in [0.05, 0.1) is 6.61 Å². The number of rotatable bonds is 6. The molecule has 0 radical (unpaired) electrons. The Morgan fingerprint density at radius 2 is 2.27 bits per heavy atom. The minimum Gasteiger partial charge on any atom is -0.468 e. The summed E-state index contributed by atoms with van der Waals surface area (Å²) in [5.41, 5.74) is 0.755. The summed E-state index contributed by atoms with van der Waals surface area (Å²) in [4.78, 5) is 10.0. The maximum absolute atomic E-state index is 12.2. The first-order valence-electron chi connectivity index (χ1n) is 8.01. The van der Waals surface area contributed by atoms with E-state index in [0.717, 1.165) is 31.7 Å². The van der Waals surface area contributed by atoms with Crippen LogP contribution in [0.4, 0.5) is 13.2 Å². The number of hydrogen-bond donors (Lipinski definition) is 1. The zero-order chi connectivity index (χ0) is 18.3. The average molecular weight is 488 g/mol. The lowest BCUT2D eigenvalue weighted by molar-refractivity contribution is -0.154. The Balaban J connectivity index is 0.00000338. The van der Waals surface area contributed by atoms with Crippen LogP contribution in [-0.2, 0) is 11.3 Å². The van der Waals surface area contributed by atoms with Crippen LogP contribution in [0.25, 0.3) is 0 Å². The molecule has 2 heterocycles. The average Bonchev–Trinajstić information content (AvgIpc) is 3.06. The Morgan fingerprint density at radius 3 is 2.88 bits per heavy atom. The van der Waals surface area contributed by atoms with Crippen LogP contribution in [0, 0.1) is 5.92 Å². The number of nitrogens with zero attached hydrogens (tertiary/aromatic N) is 3. The van der Waals surface area contributed by atoms with Gasteiger partial charge in [-0.3, -0.25) is 4.99 Å². The van der Waals surface area contributed by atoms with Gasteiger partial charge in [-0.1, -0.05) is 0 Å². The van der Waals surface area contributed by atoms with Crippen molar-refractivity contribution >= 4 is 29.9 Å². The number of hydrogen-bond acceptors (Lipinski definition) is 4. The van der Waals surface area contributed by atoms with E-state index >= 15 is 0 Å². The van der Waals surface area contributed by atoms with Gasteiger partial charge in [0.1, 0.15) is 0 Å². The molecule has 148 valence electrons. The van der Waals surface area contributed by atoms with Gasteiger partial charge in [-0.15, -0.1) is 24.0 Å². The minimum absolute atomic E-state index is 0. The van der Waals surface area contributed by atoms with E-state index in [-0.39, 0.29) is 29.9 Å². The quantitative estimate of drug-likeness (QED) is 0.379. The molecule has 1 aromatic rings. The predicted octanol–water partition coefficient (Wildman–Crippen LogP) is 2.68.